The molecule has 0 amide bonds. The third-order valence-corrected chi connectivity index (χ3v) is 8.97. The van der Waals surface area contributed by atoms with Gasteiger partial charge in [0.25, 0.3) is 0 Å². The van der Waals surface area contributed by atoms with Crippen LogP contribution in [0, 0.1) is 0 Å². The summed E-state index contributed by atoms with van der Waals surface area (Å²) in [5.41, 5.74) is 1.75. The van der Waals surface area contributed by atoms with E-state index in [1.807, 2.05) is 0 Å². The average molecular weight is 1060 g/mol. The smallest absolute Gasteiger partial charge is 0.406 e. The van der Waals surface area contributed by atoms with Crippen LogP contribution in [0.3, 0.4) is 0 Å². The topological polar surface area (TPSA) is 58.6 Å². The van der Waals surface area contributed by atoms with Crippen LogP contribution in [0.5, 0.6) is 34.5 Å². The van der Waals surface area contributed by atoms with Crippen molar-refractivity contribution in [2.24, 2.45) is 0 Å². The van der Waals surface area contributed by atoms with Crippen LogP contribution in [0.2, 0.25) is 0 Å². The maximum Gasteiger partial charge on any atom is 0.573 e. The zero-order chi connectivity index (χ0) is 53.6. The molecule has 0 heterocycles. The van der Waals surface area contributed by atoms with Crippen LogP contribution in [0.1, 0.15) is 33.4 Å². The minimum Gasteiger partial charge on any atom is -0.406 e. The van der Waals surface area contributed by atoms with Gasteiger partial charge in [-0.15, -0.1) is 79.0 Å². The lowest BCUT2D eigenvalue weighted by molar-refractivity contribution is -0.278. The van der Waals surface area contributed by atoms with Gasteiger partial charge in [0.05, 0.1) is 0 Å². The van der Waals surface area contributed by atoms with Gasteiger partial charge in [-0.1, -0.05) is 72.9 Å². The normalized spacial score (nSPS) is 12.9. The van der Waals surface area contributed by atoms with E-state index in [0.717, 1.165) is 36.4 Å². The van der Waals surface area contributed by atoms with Crippen LogP contribution >= 0.6 is 0 Å². The van der Waals surface area contributed by atoms with E-state index in [0.29, 0.717) is 52.0 Å². The maximum atomic E-state index is 12.9. The van der Waals surface area contributed by atoms with Gasteiger partial charge in [0.1, 0.15) is 34.5 Å². The van der Waals surface area contributed by atoms with Crippen molar-refractivity contribution < 1.29 is 107 Å². The first-order chi connectivity index (χ1) is 33.8. The first-order valence-electron chi connectivity index (χ1n) is 19.9. The van der Waals surface area contributed by atoms with E-state index in [9.17, 15) is 79.0 Å². The SMILES string of the molecule is FC(F)(F)Oc1cc(C=Cc2ccc(N(c3ccc(C=Cc4cc(OC(F)(F)F)cc(OC(F)(F)F)c4)cc3)c3ccc(C=Cc4cc(OC(F)(F)F)cc(OC(F)(F)F)c4)cc3)cc2)cc(OC(F)(F)F)c1. The van der Waals surface area contributed by atoms with Crippen LogP contribution < -0.4 is 33.3 Å². The van der Waals surface area contributed by atoms with Gasteiger partial charge in [-0.25, -0.2) is 0 Å². The molecule has 0 aliphatic rings. The molecule has 0 saturated carbocycles. The maximum absolute atomic E-state index is 12.9. The van der Waals surface area contributed by atoms with Crippen LogP contribution in [0.25, 0.3) is 36.5 Å². The van der Waals surface area contributed by atoms with Gasteiger partial charge in [0.2, 0.25) is 0 Å². The molecule has 0 saturated heterocycles. The molecule has 6 aromatic rings. The Kier molecular flexibility index (Phi) is 15.8. The highest BCUT2D eigenvalue weighted by Crippen LogP contribution is 2.38. The van der Waals surface area contributed by atoms with E-state index in [-0.39, 0.29) is 16.7 Å². The van der Waals surface area contributed by atoms with Crippen molar-refractivity contribution in [3.8, 4) is 34.5 Å². The van der Waals surface area contributed by atoms with E-state index < -0.39 is 72.7 Å². The molecular weight excluding hydrogens is 1030 g/mol. The first kappa shape index (κ1) is 54.2. The zero-order valence-electron chi connectivity index (χ0n) is 35.8. The fourth-order valence-corrected chi connectivity index (χ4v) is 6.45. The number of ether oxygens (including phenoxy) is 6. The lowest BCUT2D eigenvalue weighted by Gasteiger charge is -2.26. The Morgan fingerprint density at radius 3 is 0.562 bits per heavy atom. The molecule has 0 spiro atoms. The number of hydrogen-bond donors (Lipinski definition) is 0. The van der Waals surface area contributed by atoms with E-state index in [4.69, 9.17) is 0 Å². The summed E-state index contributed by atoms with van der Waals surface area (Å²) in [5.74, 6) is -6.05. The van der Waals surface area contributed by atoms with Crippen LogP contribution in [-0.4, -0.2) is 38.2 Å². The molecule has 0 atom stereocenters. The molecule has 0 bridgehead atoms. The Balaban J connectivity index is 1.33. The Morgan fingerprint density at radius 1 is 0.233 bits per heavy atom. The van der Waals surface area contributed by atoms with E-state index in [1.165, 1.54) is 72.9 Å². The summed E-state index contributed by atoms with van der Waals surface area (Å²) in [7, 11) is 0. The number of hydrogen-bond acceptors (Lipinski definition) is 7. The van der Waals surface area contributed by atoms with Crippen molar-refractivity contribution in [3.63, 3.8) is 0 Å². The van der Waals surface area contributed by atoms with Crippen molar-refractivity contribution in [1.29, 1.82) is 0 Å². The summed E-state index contributed by atoms with van der Waals surface area (Å²) in [6, 6.07) is 24.4. The highest BCUT2D eigenvalue weighted by Gasteiger charge is 2.36. The number of halogens is 18. The second-order valence-electron chi connectivity index (χ2n) is 14.6. The first-order valence-corrected chi connectivity index (χ1v) is 19.9. The molecule has 73 heavy (non-hydrogen) atoms. The Morgan fingerprint density at radius 2 is 0.397 bits per heavy atom. The summed E-state index contributed by atoms with van der Waals surface area (Å²) in [4.78, 5) is 1.64. The average Bonchev–Trinajstić information content (AvgIpc) is 3.22. The van der Waals surface area contributed by atoms with Gasteiger partial charge in [0, 0.05) is 35.3 Å². The molecule has 7 nitrogen and oxygen atoms in total. The Labute approximate surface area is 398 Å². The van der Waals surface area contributed by atoms with Gasteiger partial charge in [-0.3, -0.25) is 0 Å². The summed E-state index contributed by atoms with van der Waals surface area (Å²) in [6.45, 7) is 0. The second-order valence-corrected chi connectivity index (χ2v) is 14.6. The molecular formula is C48H27F18NO6. The van der Waals surface area contributed by atoms with Gasteiger partial charge in [0.15, 0.2) is 0 Å². The molecule has 6 aromatic carbocycles. The molecule has 0 fully saturated rings. The van der Waals surface area contributed by atoms with Crippen molar-refractivity contribution in [2.75, 3.05) is 4.90 Å². The van der Waals surface area contributed by atoms with Crippen molar-refractivity contribution in [1.82, 2.24) is 0 Å². The number of alkyl halides is 18. The summed E-state index contributed by atoms with van der Waals surface area (Å²) >= 11 is 0. The van der Waals surface area contributed by atoms with Crippen LogP contribution in [0.4, 0.5) is 96.1 Å². The molecule has 25 heteroatoms. The predicted octanol–water partition coefficient (Wildman–Crippen LogP) is 17.1. The summed E-state index contributed by atoms with van der Waals surface area (Å²) in [6.07, 6.45) is -24.0. The van der Waals surface area contributed by atoms with E-state index in [1.54, 1.807) is 41.3 Å². The van der Waals surface area contributed by atoms with Crippen LogP contribution in [-0.2, 0) is 0 Å². The summed E-state index contributed by atoms with van der Waals surface area (Å²) in [5, 5.41) is 0. The largest absolute Gasteiger partial charge is 0.573 e. The fourth-order valence-electron chi connectivity index (χ4n) is 6.45. The molecule has 386 valence electrons. The zero-order valence-corrected chi connectivity index (χ0v) is 35.8. The number of rotatable bonds is 15. The molecule has 0 aliphatic carbocycles. The van der Waals surface area contributed by atoms with Crippen LogP contribution in [0.15, 0.2) is 127 Å². The molecule has 0 unspecified atom stereocenters. The number of anilines is 3. The Bertz CT molecular complexity index is 2500. The number of benzene rings is 6. The molecule has 0 aliphatic heterocycles. The van der Waals surface area contributed by atoms with Gasteiger partial charge in [-0.2, -0.15) is 0 Å². The third-order valence-electron chi connectivity index (χ3n) is 8.97. The van der Waals surface area contributed by atoms with Crippen molar-refractivity contribution in [2.45, 2.75) is 38.2 Å². The van der Waals surface area contributed by atoms with Gasteiger partial charge < -0.3 is 33.3 Å². The fraction of sp³-hybridized carbons (Fsp3) is 0.125. The minimum atomic E-state index is -5.26. The quantitative estimate of drug-likeness (QED) is 0.0750. The molecule has 0 N–H and O–H groups in total. The third kappa shape index (κ3) is 18.5. The van der Waals surface area contributed by atoms with E-state index >= 15 is 0 Å². The molecule has 0 radical (unpaired) electrons. The monoisotopic (exact) mass is 1060 g/mol. The van der Waals surface area contributed by atoms with E-state index in [2.05, 4.69) is 28.4 Å². The summed E-state index contributed by atoms with van der Waals surface area (Å²) < 4.78 is 256. The minimum absolute atomic E-state index is 0.190. The molecule has 0 aromatic heterocycles. The van der Waals surface area contributed by atoms with Gasteiger partial charge >= 0.3 is 38.2 Å². The molecule has 6 rings (SSSR count). The lowest BCUT2D eigenvalue weighted by atomic mass is 10.1. The van der Waals surface area contributed by atoms with Crippen molar-refractivity contribution >= 4 is 53.5 Å². The second kappa shape index (κ2) is 21.3. The Hall–Kier alpha value is -8.12. The highest BCUT2D eigenvalue weighted by molar-refractivity contribution is 5.81. The lowest BCUT2D eigenvalue weighted by Crippen LogP contribution is -2.19. The number of nitrogens with zero attached hydrogens (tertiary/aromatic N) is 1. The van der Waals surface area contributed by atoms with Gasteiger partial charge in [-0.05, 0) is 106 Å². The van der Waals surface area contributed by atoms with Crippen molar-refractivity contribution in [3.05, 3.63) is 161 Å². The standard InChI is InChI=1S/C48H27F18NO6/c49-43(50,51)68-37-19-31(20-38(25-37)69-44(52,53)54)4-1-28-7-13-34(14-8-28)67(35-15-9-29(10-16-35)2-5-32-21-39(70-45(55,56)57)26-40(22-32)71-46(58,59)60)36-17-11-30(12-18-36)3-6-33-23-41(72-47(61,62)63)27-42(24-33)73-48(64,65)66/h1-27H. The highest BCUT2D eigenvalue weighted by atomic mass is 19.4. The predicted molar refractivity (Wildman–Crippen MR) is 227 cm³/mol.